The van der Waals surface area contributed by atoms with Crippen molar-refractivity contribution >= 4 is 17.8 Å². The van der Waals surface area contributed by atoms with Crippen LogP contribution in [0.1, 0.15) is 43.4 Å². The number of hydrogen-bond acceptors (Lipinski definition) is 4. The molecular weight excluding hydrogens is 406 g/mol. The topological polar surface area (TPSA) is 84.5 Å². The van der Waals surface area contributed by atoms with E-state index in [0.29, 0.717) is 18.4 Å². The predicted octanol–water partition coefficient (Wildman–Crippen LogP) is 3.21. The van der Waals surface area contributed by atoms with Crippen LogP contribution in [0.5, 0.6) is 0 Å². The fourth-order valence-electron chi connectivity index (χ4n) is 3.11. The second-order valence-corrected chi connectivity index (χ2v) is 7.09. The molecule has 2 atom stereocenters. The standard InChI is InChI=1S/C23H26F2N2O4/c1-3-4-10-19(26-20(28)13-15-11-17(24)14-18(25)12-15)22(29)27-21(23(30)31-2)16-8-6-5-7-9-16/h5-9,11-12,14,19,21H,3-4,10,13H2,1-2H3,(H,26,28)(H,27,29)/t19-,21-/m0/s1. The molecule has 0 unspecified atom stereocenters. The zero-order valence-electron chi connectivity index (χ0n) is 17.5. The Morgan fingerprint density at radius 2 is 1.65 bits per heavy atom. The summed E-state index contributed by atoms with van der Waals surface area (Å²) in [6, 6.07) is 9.49. The van der Waals surface area contributed by atoms with Gasteiger partial charge in [-0.25, -0.2) is 13.6 Å². The summed E-state index contributed by atoms with van der Waals surface area (Å²) in [6.45, 7) is 1.94. The number of esters is 1. The number of carbonyl (C=O) groups excluding carboxylic acids is 3. The minimum atomic E-state index is -1.03. The molecule has 2 N–H and O–H groups in total. The van der Waals surface area contributed by atoms with Gasteiger partial charge in [-0.05, 0) is 29.7 Å². The van der Waals surface area contributed by atoms with Crippen molar-refractivity contribution in [2.45, 2.75) is 44.7 Å². The number of benzene rings is 2. The van der Waals surface area contributed by atoms with Gasteiger partial charge in [0.1, 0.15) is 17.7 Å². The van der Waals surface area contributed by atoms with E-state index in [-0.39, 0.29) is 12.0 Å². The van der Waals surface area contributed by atoms with Gasteiger partial charge in [-0.15, -0.1) is 0 Å². The summed E-state index contributed by atoms with van der Waals surface area (Å²) in [5, 5.41) is 5.24. The summed E-state index contributed by atoms with van der Waals surface area (Å²) in [6.07, 6.45) is 1.49. The molecule has 0 heterocycles. The molecule has 8 heteroatoms. The van der Waals surface area contributed by atoms with Crippen LogP contribution in [-0.2, 0) is 25.5 Å². The van der Waals surface area contributed by atoms with Crippen LogP contribution in [0.4, 0.5) is 8.78 Å². The van der Waals surface area contributed by atoms with Crippen LogP contribution in [0.3, 0.4) is 0 Å². The summed E-state index contributed by atoms with van der Waals surface area (Å²) in [5.41, 5.74) is 0.694. The van der Waals surface area contributed by atoms with Gasteiger partial charge in [0.2, 0.25) is 11.8 Å². The minimum absolute atomic E-state index is 0.154. The predicted molar refractivity (Wildman–Crippen MR) is 111 cm³/mol. The number of carbonyl (C=O) groups is 3. The Morgan fingerprint density at radius 3 is 2.23 bits per heavy atom. The van der Waals surface area contributed by atoms with Gasteiger partial charge in [-0.1, -0.05) is 50.1 Å². The van der Waals surface area contributed by atoms with Crippen molar-refractivity contribution < 1.29 is 27.9 Å². The largest absolute Gasteiger partial charge is 0.467 e. The van der Waals surface area contributed by atoms with Gasteiger partial charge in [0.15, 0.2) is 6.04 Å². The molecule has 0 spiro atoms. The zero-order chi connectivity index (χ0) is 22.8. The number of amides is 2. The molecule has 0 aliphatic rings. The molecule has 0 radical (unpaired) electrons. The summed E-state index contributed by atoms with van der Waals surface area (Å²) in [5.74, 6) is -3.32. The molecule has 6 nitrogen and oxygen atoms in total. The average Bonchev–Trinajstić information content (AvgIpc) is 2.74. The Kier molecular flexibility index (Phi) is 9.12. The van der Waals surface area contributed by atoms with Crippen LogP contribution >= 0.6 is 0 Å². The lowest BCUT2D eigenvalue weighted by molar-refractivity contribution is -0.145. The molecule has 0 saturated heterocycles. The van der Waals surface area contributed by atoms with E-state index < -0.39 is 41.5 Å². The lowest BCUT2D eigenvalue weighted by Gasteiger charge is -2.22. The third kappa shape index (κ3) is 7.47. The van der Waals surface area contributed by atoms with Crippen molar-refractivity contribution in [1.29, 1.82) is 0 Å². The normalized spacial score (nSPS) is 12.5. The van der Waals surface area contributed by atoms with Gasteiger partial charge in [0.25, 0.3) is 0 Å². The number of hydrogen-bond donors (Lipinski definition) is 2. The molecular formula is C23H26F2N2O4. The van der Waals surface area contributed by atoms with Crippen LogP contribution in [-0.4, -0.2) is 30.9 Å². The highest BCUT2D eigenvalue weighted by Gasteiger charge is 2.28. The number of halogens is 2. The second-order valence-electron chi connectivity index (χ2n) is 7.09. The van der Waals surface area contributed by atoms with Crippen molar-refractivity contribution in [2.75, 3.05) is 7.11 Å². The molecule has 166 valence electrons. The van der Waals surface area contributed by atoms with E-state index in [4.69, 9.17) is 4.74 Å². The lowest BCUT2D eigenvalue weighted by atomic mass is 10.0. The van der Waals surface area contributed by atoms with Gasteiger partial charge in [0, 0.05) is 6.07 Å². The second kappa shape index (κ2) is 11.8. The molecule has 0 saturated carbocycles. The fraction of sp³-hybridized carbons (Fsp3) is 0.348. The molecule has 2 amide bonds. The lowest BCUT2D eigenvalue weighted by Crippen LogP contribution is -2.49. The van der Waals surface area contributed by atoms with Gasteiger partial charge in [0.05, 0.1) is 13.5 Å². The molecule has 2 aromatic rings. The number of unbranched alkanes of at least 4 members (excludes halogenated alkanes) is 1. The van der Waals surface area contributed by atoms with E-state index >= 15 is 0 Å². The van der Waals surface area contributed by atoms with Gasteiger partial charge < -0.3 is 15.4 Å². The van der Waals surface area contributed by atoms with E-state index in [2.05, 4.69) is 10.6 Å². The van der Waals surface area contributed by atoms with Gasteiger partial charge in [-0.2, -0.15) is 0 Å². The Bertz CT molecular complexity index is 885. The number of ether oxygens (including phenoxy) is 1. The highest BCUT2D eigenvalue weighted by atomic mass is 19.1. The van der Waals surface area contributed by atoms with E-state index in [0.717, 1.165) is 24.6 Å². The van der Waals surface area contributed by atoms with Crippen LogP contribution < -0.4 is 10.6 Å². The summed E-state index contributed by atoms with van der Waals surface area (Å²) in [4.78, 5) is 37.5. The van der Waals surface area contributed by atoms with E-state index in [1.165, 1.54) is 7.11 Å². The van der Waals surface area contributed by atoms with E-state index in [1.54, 1.807) is 30.3 Å². The SMILES string of the molecule is CCCC[C@H](NC(=O)Cc1cc(F)cc(F)c1)C(=O)N[C@H](C(=O)OC)c1ccccc1. The maximum atomic E-state index is 13.4. The zero-order valence-corrected chi connectivity index (χ0v) is 17.5. The smallest absolute Gasteiger partial charge is 0.333 e. The van der Waals surface area contributed by atoms with Crippen LogP contribution in [0.15, 0.2) is 48.5 Å². The highest BCUT2D eigenvalue weighted by molar-refractivity contribution is 5.91. The molecule has 31 heavy (non-hydrogen) atoms. The third-order valence-corrected chi connectivity index (χ3v) is 4.64. The summed E-state index contributed by atoms with van der Waals surface area (Å²) in [7, 11) is 1.22. The fourth-order valence-corrected chi connectivity index (χ4v) is 3.11. The quantitative estimate of drug-likeness (QED) is 0.565. The first-order chi connectivity index (χ1) is 14.8. The Balaban J connectivity index is 2.12. The Hall–Kier alpha value is -3.29. The number of nitrogens with one attached hydrogen (secondary N) is 2. The molecule has 2 rings (SSSR count). The van der Waals surface area contributed by atoms with Crippen molar-refractivity contribution in [3.05, 3.63) is 71.3 Å². The van der Waals surface area contributed by atoms with Gasteiger partial charge in [-0.3, -0.25) is 9.59 Å². The van der Waals surface area contributed by atoms with Crippen LogP contribution in [0.2, 0.25) is 0 Å². The third-order valence-electron chi connectivity index (χ3n) is 4.64. The number of methoxy groups -OCH3 is 1. The molecule has 0 aliphatic heterocycles. The summed E-state index contributed by atoms with van der Waals surface area (Å²) < 4.78 is 31.5. The Morgan fingerprint density at radius 1 is 1.00 bits per heavy atom. The maximum Gasteiger partial charge on any atom is 0.333 e. The minimum Gasteiger partial charge on any atom is -0.467 e. The first-order valence-electron chi connectivity index (χ1n) is 10.0. The van der Waals surface area contributed by atoms with Crippen LogP contribution in [0, 0.1) is 11.6 Å². The maximum absolute atomic E-state index is 13.4. The molecule has 0 bridgehead atoms. The highest BCUT2D eigenvalue weighted by Crippen LogP contribution is 2.15. The average molecular weight is 432 g/mol. The van der Waals surface area contributed by atoms with Gasteiger partial charge >= 0.3 is 5.97 Å². The van der Waals surface area contributed by atoms with Crippen LogP contribution in [0.25, 0.3) is 0 Å². The van der Waals surface area contributed by atoms with E-state index in [1.807, 2.05) is 6.92 Å². The first-order valence-corrected chi connectivity index (χ1v) is 10.0. The number of rotatable bonds is 10. The Labute approximate surface area is 180 Å². The van der Waals surface area contributed by atoms with Crippen molar-refractivity contribution in [3.63, 3.8) is 0 Å². The first kappa shape index (κ1) is 24.0. The van der Waals surface area contributed by atoms with Crippen molar-refractivity contribution in [1.82, 2.24) is 10.6 Å². The molecule has 2 aromatic carbocycles. The monoisotopic (exact) mass is 432 g/mol. The van der Waals surface area contributed by atoms with E-state index in [9.17, 15) is 23.2 Å². The molecule has 0 aliphatic carbocycles. The molecule has 0 aromatic heterocycles. The van der Waals surface area contributed by atoms with Crippen molar-refractivity contribution in [2.24, 2.45) is 0 Å². The molecule has 0 fully saturated rings. The summed E-state index contributed by atoms with van der Waals surface area (Å²) >= 11 is 0. The van der Waals surface area contributed by atoms with Crippen molar-refractivity contribution in [3.8, 4) is 0 Å².